The van der Waals surface area contributed by atoms with Crippen LogP contribution in [0.2, 0.25) is 5.02 Å². The van der Waals surface area contributed by atoms with Gasteiger partial charge in [0, 0.05) is 11.4 Å². The zero-order chi connectivity index (χ0) is 21.5. The minimum Gasteiger partial charge on any atom is -0.360 e. The minimum atomic E-state index is -0.250. The lowest BCUT2D eigenvalue weighted by Crippen LogP contribution is -2.29. The van der Waals surface area contributed by atoms with Gasteiger partial charge in [0.1, 0.15) is 18.0 Å². The van der Waals surface area contributed by atoms with E-state index in [0.29, 0.717) is 39.6 Å². The second-order valence-corrected chi connectivity index (χ2v) is 8.09. The molecule has 2 aromatic carbocycles. The predicted molar refractivity (Wildman–Crippen MR) is 120 cm³/mol. The molecule has 1 fully saturated rings. The van der Waals surface area contributed by atoms with Gasteiger partial charge in [-0.05, 0) is 49.6 Å². The second kappa shape index (κ2) is 7.64. The van der Waals surface area contributed by atoms with Crippen molar-refractivity contribution in [3.8, 4) is 6.07 Å². The molecule has 0 aliphatic heterocycles. The molecule has 1 aliphatic carbocycles. The molecule has 31 heavy (non-hydrogen) atoms. The maximum absolute atomic E-state index is 13.4. The van der Waals surface area contributed by atoms with Crippen LogP contribution in [0.15, 0.2) is 47.5 Å². The molecule has 0 amide bonds. The van der Waals surface area contributed by atoms with E-state index in [2.05, 4.69) is 21.4 Å². The maximum atomic E-state index is 13.4. The van der Waals surface area contributed by atoms with Crippen LogP contribution < -0.4 is 10.9 Å². The van der Waals surface area contributed by atoms with Crippen molar-refractivity contribution in [2.24, 2.45) is 0 Å². The predicted octanol–water partition coefficient (Wildman–Crippen LogP) is 4.76. The normalized spacial score (nSPS) is 14.5. The average Bonchev–Trinajstić information content (AvgIpc) is 3.62. The molecule has 154 valence electrons. The van der Waals surface area contributed by atoms with Crippen molar-refractivity contribution in [3.63, 3.8) is 0 Å². The summed E-state index contributed by atoms with van der Waals surface area (Å²) in [5.74, 6) is 1.28. The Kier molecular flexibility index (Phi) is 4.79. The Morgan fingerprint density at radius 3 is 2.84 bits per heavy atom. The van der Waals surface area contributed by atoms with Crippen molar-refractivity contribution in [1.82, 2.24) is 19.5 Å². The van der Waals surface area contributed by atoms with E-state index in [1.54, 1.807) is 34.9 Å². The number of benzene rings is 2. The number of nitriles is 1. The first-order chi connectivity index (χ1) is 15.1. The Labute approximate surface area is 183 Å². The zero-order valence-electron chi connectivity index (χ0n) is 16.8. The van der Waals surface area contributed by atoms with Crippen molar-refractivity contribution in [3.05, 3.63) is 69.5 Å². The largest absolute Gasteiger partial charge is 0.360 e. The molecular weight excluding hydrogens is 412 g/mol. The summed E-state index contributed by atoms with van der Waals surface area (Å²) in [6.45, 7) is 2.04. The number of halogens is 1. The summed E-state index contributed by atoms with van der Waals surface area (Å²) in [5, 5.41) is 14.4. The highest BCUT2D eigenvalue weighted by molar-refractivity contribution is 6.35. The fourth-order valence-corrected chi connectivity index (χ4v) is 4.16. The molecule has 1 N–H and O–H groups in total. The molecule has 5 rings (SSSR count). The van der Waals surface area contributed by atoms with E-state index < -0.39 is 0 Å². The lowest BCUT2D eigenvalue weighted by molar-refractivity contribution is 0.579. The Balaban J connectivity index is 1.66. The fraction of sp³-hybridized carbons (Fsp3) is 0.261. The Morgan fingerprint density at radius 1 is 1.26 bits per heavy atom. The number of anilines is 1. The van der Waals surface area contributed by atoms with E-state index in [1.807, 2.05) is 13.0 Å². The number of aromatic nitrogens is 4. The van der Waals surface area contributed by atoms with Gasteiger partial charge < -0.3 is 5.32 Å². The Morgan fingerprint density at radius 2 is 2.10 bits per heavy atom. The third-order valence-corrected chi connectivity index (χ3v) is 5.93. The monoisotopic (exact) mass is 430 g/mol. The van der Waals surface area contributed by atoms with E-state index in [9.17, 15) is 10.1 Å². The molecule has 2 aromatic heterocycles. The zero-order valence-corrected chi connectivity index (χ0v) is 17.6. The summed E-state index contributed by atoms with van der Waals surface area (Å²) in [5.41, 5.74) is 1.76. The van der Waals surface area contributed by atoms with Crippen LogP contribution in [0.4, 0.5) is 5.82 Å². The van der Waals surface area contributed by atoms with Crippen molar-refractivity contribution < 1.29 is 0 Å². The van der Waals surface area contributed by atoms with Gasteiger partial charge in [-0.25, -0.2) is 15.0 Å². The molecular formula is C23H19ClN6O. The molecule has 8 heteroatoms. The molecule has 0 bridgehead atoms. The van der Waals surface area contributed by atoms with E-state index in [1.165, 1.54) is 6.33 Å². The molecule has 1 atom stereocenters. The van der Waals surface area contributed by atoms with Gasteiger partial charge >= 0.3 is 0 Å². The van der Waals surface area contributed by atoms with Crippen LogP contribution in [0.25, 0.3) is 21.8 Å². The molecule has 1 aliphatic rings. The summed E-state index contributed by atoms with van der Waals surface area (Å²) < 4.78 is 1.79. The third kappa shape index (κ3) is 3.39. The highest BCUT2D eigenvalue weighted by Gasteiger charge is 2.31. The third-order valence-electron chi connectivity index (χ3n) is 5.61. The number of hydrogen-bond acceptors (Lipinski definition) is 6. The number of rotatable bonds is 5. The van der Waals surface area contributed by atoms with E-state index in [0.717, 1.165) is 23.7 Å². The highest BCUT2D eigenvalue weighted by atomic mass is 35.5. The van der Waals surface area contributed by atoms with Crippen LogP contribution in [0.3, 0.4) is 0 Å². The molecule has 4 aromatic rings. The second-order valence-electron chi connectivity index (χ2n) is 7.68. The Hall–Kier alpha value is -3.50. The van der Waals surface area contributed by atoms with E-state index in [4.69, 9.17) is 16.6 Å². The smallest absolute Gasteiger partial charge is 0.263 e. The molecule has 7 nitrogen and oxygen atoms in total. The first-order valence-corrected chi connectivity index (χ1v) is 10.6. The van der Waals surface area contributed by atoms with Crippen LogP contribution >= 0.6 is 11.6 Å². The molecule has 1 saturated carbocycles. The molecule has 2 heterocycles. The summed E-state index contributed by atoms with van der Waals surface area (Å²) in [6.07, 6.45) is 4.07. The number of fused-ring (bicyclic) bond motifs is 2. The van der Waals surface area contributed by atoms with Gasteiger partial charge in [0.2, 0.25) is 0 Å². The maximum Gasteiger partial charge on any atom is 0.263 e. The standard InChI is InChI=1S/C23H19ClN6O/c1-2-17(28-21-15-10-13(11-25)6-9-18(15)26-12-27-21)22-29-19-5-3-4-16(24)20(19)23(31)30(22)14-7-8-14/h3-6,9-10,12,14,17H,2,7-8H2,1H3,(H,26,27,28). The lowest BCUT2D eigenvalue weighted by Gasteiger charge is -2.22. The lowest BCUT2D eigenvalue weighted by atomic mass is 10.1. The molecule has 0 spiro atoms. The summed E-state index contributed by atoms with van der Waals surface area (Å²) >= 11 is 6.34. The van der Waals surface area contributed by atoms with Crippen LogP contribution in [0, 0.1) is 11.3 Å². The van der Waals surface area contributed by atoms with Gasteiger partial charge in [-0.15, -0.1) is 0 Å². The van der Waals surface area contributed by atoms with Crippen LogP contribution in [-0.2, 0) is 0 Å². The first-order valence-electron chi connectivity index (χ1n) is 10.2. The average molecular weight is 431 g/mol. The number of nitrogens with one attached hydrogen (secondary N) is 1. The van der Waals surface area contributed by atoms with Gasteiger partial charge in [0.25, 0.3) is 5.56 Å². The molecule has 0 saturated heterocycles. The van der Waals surface area contributed by atoms with Crippen LogP contribution in [0.5, 0.6) is 0 Å². The summed E-state index contributed by atoms with van der Waals surface area (Å²) in [6, 6.07) is 12.7. The Bertz CT molecular complexity index is 1420. The molecule has 0 radical (unpaired) electrons. The quantitative estimate of drug-likeness (QED) is 0.490. The van der Waals surface area contributed by atoms with Gasteiger partial charge in [-0.2, -0.15) is 5.26 Å². The van der Waals surface area contributed by atoms with Crippen LogP contribution in [-0.4, -0.2) is 19.5 Å². The van der Waals surface area contributed by atoms with Gasteiger partial charge in [-0.3, -0.25) is 9.36 Å². The number of hydrogen-bond donors (Lipinski definition) is 1. The van der Waals surface area contributed by atoms with Crippen LogP contribution in [0.1, 0.15) is 49.7 Å². The topological polar surface area (TPSA) is 96.5 Å². The van der Waals surface area contributed by atoms with Gasteiger partial charge in [0.05, 0.1) is 39.1 Å². The van der Waals surface area contributed by atoms with E-state index >= 15 is 0 Å². The summed E-state index contributed by atoms with van der Waals surface area (Å²) in [7, 11) is 0. The molecule has 1 unspecified atom stereocenters. The van der Waals surface area contributed by atoms with Crippen molar-refractivity contribution >= 4 is 39.2 Å². The van der Waals surface area contributed by atoms with Crippen molar-refractivity contribution in [2.45, 2.75) is 38.3 Å². The highest BCUT2D eigenvalue weighted by Crippen LogP contribution is 2.37. The van der Waals surface area contributed by atoms with E-state index in [-0.39, 0.29) is 17.6 Å². The first kappa shape index (κ1) is 19.5. The number of nitrogens with zero attached hydrogens (tertiary/aromatic N) is 5. The minimum absolute atomic E-state index is 0.104. The van der Waals surface area contributed by atoms with Crippen molar-refractivity contribution in [1.29, 1.82) is 5.26 Å². The fourth-order valence-electron chi connectivity index (χ4n) is 3.91. The SMILES string of the molecule is CCC(Nc1ncnc2ccc(C#N)cc12)c1nc2cccc(Cl)c2c(=O)n1C1CC1. The summed E-state index contributed by atoms with van der Waals surface area (Å²) in [4.78, 5) is 26.9. The van der Waals surface area contributed by atoms with Crippen molar-refractivity contribution in [2.75, 3.05) is 5.32 Å². The van der Waals surface area contributed by atoms with Gasteiger partial charge in [-0.1, -0.05) is 24.6 Å². The van der Waals surface area contributed by atoms with Gasteiger partial charge in [0.15, 0.2) is 0 Å².